The van der Waals surface area contributed by atoms with Crippen LogP contribution < -0.4 is 0 Å². The Kier molecular flexibility index (Phi) is 1.99. The van der Waals surface area contributed by atoms with Crippen molar-refractivity contribution in [2.75, 3.05) is 0 Å². The van der Waals surface area contributed by atoms with E-state index in [0.717, 1.165) is 12.0 Å². The first-order valence-electron chi connectivity index (χ1n) is 2.93. The lowest BCUT2D eigenvalue weighted by Crippen LogP contribution is -1.86. The van der Waals surface area contributed by atoms with Crippen molar-refractivity contribution in [3.63, 3.8) is 0 Å². The number of hydrogen-bond acceptors (Lipinski definition) is 2. The predicted molar refractivity (Wildman–Crippen MR) is 38.3 cm³/mol. The first-order chi connectivity index (χ1) is 4.84. The van der Waals surface area contributed by atoms with Gasteiger partial charge in [0, 0.05) is 7.05 Å². The van der Waals surface area contributed by atoms with Gasteiger partial charge in [0.05, 0.1) is 18.2 Å². The highest BCUT2D eigenvalue weighted by Crippen LogP contribution is 1.97. The van der Waals surface area contributed by atoms with E-state index in [2.05, 4.69) is 4.98 Å². The molecule has 10 heavy (non-hydrogen) atoms. The topological polar surface area (TPSA) is 34.9 Å². The number of carbonyl (C=O) groups excluding carboxylic acids is 1. The van der Waals surface area contributed by atoms with Gasteiger partial charge in [0.25, 0.3) is 0 Å². The monoisotopic (exact) mass is 136 g/mol. The second-order valence-electron chi connectivity index (χ2n) is 1.92. The van der Waals surface area contributed by atoms with Crippen LogP contribution in [0, 0.1) is 0 Å². The number of aldehydes is 1. The molecule has 0 aromatic carbocycles. The molecule has 0 amide bonds. The van der Waals surface area contributed by atoms with E-state index < -0.39 is 0 Å². The first-order valence-corrected chi connectivity index (χ1v) is 2.93. The van der Waals surface area contributed by atoms with Crippen LogP contribution in [-0.2, 0) is 11.8 Å². The van der Waals surface area contributed by atoms with Crippen LogP contribution in [0.25, 0.3) is 6.08 Å². The summed E-state index contributed by atoms with van der Waals surface area (Å²) < 4.78 is 1.83. The summed E-state index contributed by atoms with van der Waals surface area (Å²) in [6, 6.07) is 0. The minimum atomic E-state index is 0.743. The average Bonchev–Trinajstić information content (AvgIpc) is 2.31. The van der Waals surface area contributed by atoms with Gasteiger partial charge < -0.3 is 4.57 Å². The summed E-state index contributed by atoms with van der Waals surface area (Å²) in [5, 5.41) is 0. The molecule has 0 saturated heterocycles. The molecule has 1 aromatic rings. The average molecular weight is 136 g/mol. The molecule has 52 valence electrons. The molecule has 0 radical (unpaired) electrons. The van der Waals surface area contributed by atoms with Gasteiger partial charge in [-0.3, -0.25) is 4.79 Å². The van der Waals surface area contributed by atoms with Crippen LogP contribution in [0.3, 0.4) is 0 Å². The quantitative estimate of drug-likeness (QED) is 0.441. The Morgan fingerprint density at radius 1 is 1.70 bits per heavy atom. The molecule has 0 saturated carbocycles. The number of rotatable bonds is 2. The van der Waals surface area contributed by atoms with E-state index in [9.17, 15) is 4.79 Å². The zero-order chi connectivity index (χ0) is 7.40. The van der Waals surface area contributed by atoms with E-state index in [1.807, 2.05) is 11.6 Å². The Hall–Kier alpha value is -1.38. The second-order valence-corrected chi connectivity index (χ2v) is 1.92. The number of aryl methyl sites for hydroxylation is 1. The number of nitrogens with zero attached hydrogens (tertiary/aromatic N) is 2. The van der Waals surface area contributed by atoms with E-state index >= 15 is 0 Å². The standard InChI is InChI=1S/C7H8N2O/c1-9-6-8-5-7(9)3-2-4-10/h2-6H,1H3. The van der Waals surface area contributed by atoms with Gasteiger partial charge in [-0.05, 0) is 12.2 Å². The van der Waals surface area contributed by atoms with E-state index in [1.54, 1.807) is 18.6 Å². The van der Waals surface area contributed by atoms with Gasteiger partial charge in [0.15, 0.2) is 0 Å². The lowest BCUT2D eigenvalue weighted by Gasteiger charge is -1.90. The summed E-state index contributed by atoms with van der Waals surface area (Å²) in [5.74, 6) is 0. The van der Waals surface area contributed by atoms with Crippen LogP contribution in [0.1, 0.15) is 5.69 Å². The molecule has 0 aliphatic rings. The lowest BCUT2D eigenvalue weighted by atomic mass is 10.4. The summed E-state index contributed by atoms with van der Waals surface area (Å²) in [4.78, 5) is 13.8. The van der Waals surface area contributed by atoms with Gasteiger partial charge in [-0.2, -0.15) is 0 Å². The maximum Gasteiger partial charge on any atom is 0.142 e. The Morgan fingerprint density at radius 2 is 2.50 bits per heavy atom. The predicted octanol–water partition coefficient (Wildman–Crippen LogP) is 0.632. The normalized spacial score (nSPS) is 10.5. The molecule has 0 aliphatic carbocycles. The molecule has 0 atom stereocenters. The molecule has 0 fully saturated rings. The fourth-order valence-corrected chi connectivity index (χ4v) is 0.666. The summed E-state index contributed by atoms with van der Waals surface area (Å²) in [7, 11) is 1.87. The number of imidazole rings is 1. The fraction of sp³-hybridized carbons (Fsp3) is 0.143. The summed E-state index contributed by atoms with van der Waals surface area (Å²) >= 11 is 0. The van der Waals surface area contributed by atoms with Crippen molar-refractivity contribution in [1.29, 1.82) is 0 Å². The molecule has 1 aromatic heterocycles. The Balaban J connectivity index is 2.83. The molecule has 1 heterocycles. The van der Waals surface area contributed by atoms with Gasteiger partial charge >= 0.3 is 0 Å². The zero-order valence-electron chi connectivity index (χ0n) is 5.69. The number of hydrogen-bond donors (Lipinski definition) is 0. The van der Waals surface area contributed by atoms with Crippen LogP contribution in [0.4, 0.5) is 0 Å². The molecule has 3 heteroatoms. The number of carbonyl (C=O) groups is 1. The van der Waals surface area contributed by atoms with Crippen molar-refractivity contribution in [3.8, 4) is 0 Å². The third-order valence-corrected chi connectivity index (χ3v) is 1.20. The van der Waals surface area contributed by atoms with Crippen molar-refractivity contribution >= 4 is 12.4 Å². The van der Waals surface area contributed by atoms with Crippen molar-refractivity contribution in [1.82, 2.24) is 9.55 Å². The molecule has 0 spiro atoms. The van der Waals surface area contributed by atoms with E-state index in [1.165, 1.54) is 6.08 Å². The van der Waals surface area contributed by atoms with Crippen LogP contribution >= 0.6 is 0 Å². The minimum absolute atomic E-state index is 0.743. The van der Waals surface area contributed by atoms with Crippen molar-refractivity contribution < 1.29 is 4.79 Å². The number of aromatic nitrogens is 2. The maximum atomic E-state index is 9.89. The molecule has 0 N–H and O–H groups in total. The van der Waals surface area contributed by atoms with E-state index in [4.69, 9.17) is 0 Å². The van der Waals surface area contributed by atoms with E-state index in [-0.39, 0.29) is 0 Å². The Bertz CT molecular complexity index is 250. The van der Waals surface area contributed by atoms with Gasteiger partial charge in [-0.15, -0.1) is 0 Å². The SMILES string of the molecule is Cn1cncc1C=CC=O. The molecule has 0 bridgehead atoms. The third-order valence-electron chi connectivity index (χ3n) is 1.20. The van der Waals surface area contributed by atoms with Gasteiger partial charge in [-0.25, -0.2) is 4.98 Å². The van der Waals surface area contributed by atoms with Crippen molar-refractivity contribution in [2.24, 2.45) is 7.05 Å². The zero-order valence-corrected chi connectivity index (χ0v) is 5.69. The fourth-order valence-electron chi connectivity index (χ4n) is 0.666. The second kappa shape index (κ2) is 2.96. The van der Waals surface area contributed by atoms with Crippen LogP contribution in [-0.4, -0.2) is 15.8 Å². The Labute approximate surface area is 59.0 Å². The van der Waals surface area contributed by atoms with Crippen LogP contribution in [0.15, 0.2) is 18.6 Å². The first kappa shape index (κ1) is 6.74. The van der Waals surface area contributed by atoms with Crippen molar-refractivity contribution in [2.45, 2.75) is 0 Å². The molecule has 0 aliphatic heterocycles. The van der Waals surface area contributed by atoms with Gasteiger partial charge in [0.2, 0.25) is 0 Å². The summed E-state index contributed by atoms with van der Waals surface area (Å²) in [6.07, 6.45) is 7.27. The largest absolute Gasteiger partial charge is 0.334 e. The van der Waals surface area contributed by atoms with Gasteiger partial charge in [0.1, 0.15) is 6.29 Å². The summed E-state index contributed by atoms with van der Waals surface area (Å²) in [6.45, 7) is 0. The molecule has 3 nitrogen and oxygen atoms in total. The smallest absolute Gasteiger partial charge is 0.142 e. The highest BCUT2D eigenvalue weighted by molar-refractivity contribution is 5.72. The molecular weight excluding hydrogens is 128 g/mol. The van der Waals surface area contributed by atoms with Gasteiger partial charge in [-0.1, -0.05) is 0 Å². The summed E-state index contributed by atoms with van der Waals surface area (Å²) in [5.41, 5.74) is 0.923. The van der Waals surface area contributed by atoms with Crippen LogP contribution in [0.2, 0.25) is 0 Å². The molecule has 1 rings (SSSR count). The minimum Gasteiger partial charge on any atom is -0.334 e. The highest BCUT2D eigenvalue weighted by Gasteiger charge is 1.88. The van der Waals surface area contributed by atoms with Crippen LogP contribution in [0.5, 0.6) is 0 Å². The number of allylic oxidation sites excluding steroid dienone is 1. The molecule has 0 unspecified atom stereocenters. The maximum absolute atomic E-state index is 9.89. The lowest BCUT2D eigenvalue weighted by molar-refractivity contribution is -0.104. The third kappa shape index (κ3) is 1.31. The Morgan fingerprint density at radius 3 is 3.00 bits per heavy atom. The highest BCUT2D eigenvalue weighted by atomic mass is 16.1. The molecular formula is C7H8N2O. The van der Waals surface area contributed by atoms with E-state index in [0.29, 0.717) is 0 Å². The van der Waals surface area contributed by atoms with Crippen molar-refractivity contribution in [3.05, 3.63) is 24.3 Å².